The van der Waals surface area contributed by atoms with Crippen molar-refractivity contribution in [1.82, 2.24) is 0 Å². The van der Waals surface area contributed by atoms with Crippen molar-refractivity contribution in [3.8, 4) is 11.5 Å². The van der Waals surface area contributed by atoms with Crippen LogP contribution >= 0.6 is 22.7 Å². The van der Waals surface area contributed by atoms with E-state index in [2.05, 4.69) is 61.6 Å². The summed E-state index contributed by atoms with van der Waals surface area (Å²) in [6, 6.07) is 4.85. The van der Waals surface area contributed by atoms with Gasteiger partial charge in [-0.2, -0.15) is 0 Å². The summed E-state index contributed by atoms with van der Waals surface area (Å²) in [5, 5.41) is 2.58. The second-order valence-electron chi connectivity index (χ2n) is 12.7. The van der Waals surface area contributed by atoms with E-state index in [1.807, 2.05) is 22.7 Å². The molecule has 0 N–H and O–H groups in total. The summed E-state index contributed by atoms with van der Waals surface area (Å²) >= 11 is 1.62. The predicted octanol–water partition coefficient (Wildman–Crippen LogP) is 11.7. The van der Waals surface area contributed by atoms with Crippen LogP contribution in [-0.4, -0.2) is 31.6 Å². The minimum absolute atomic E-state index is 0.627. The molecule has 3 rings (SSSR count). The van der Waals surface area contributed by atoms with Gasteiger partial charge in [0.15, 0.2) is 0 Å². The van der Waals surface area contributed by atoms with Gasteiger partial charge in [-0.25, -0.2) is 0 Å². The molecule has 0 saturated carbocycles. The second kappa shape index (κ2) is 16.2. The van der Waals surface area contributed by atoms with Crippen molar-refractivity contribution in [2.24, 2.45) is 11.8 Å². The molecule has 2 heterocycles. The van der Waals surface area contributed by atoms with Crippen molar-refractivity contribution < 1.29 is 9.47 Å². The number of hydrogen-bond acceptors (Lipinski definition) is 4. The summed E-state index contributed by atoms with van der Waals surface area (Å²) in [4.78, 5) is 8.92. The third-order valence-corrected chi connectivity index (χ3v) is 19.9. The zero-order valence-corrected chi connectivity index (χ0v) is 30.8. The van der Waals surface area contributed by atoms with Crippen molar-refractivity contribution in [2.45, 2.75) is 126 Å². The molecule has 0 amide bonds. The molecule has 2 atom stereocenters. The van der Waals surface area contributed by atoms with Crippen LogP contribution in [0.3, 0.4) is 0 Å². The zero-order chi connectivity index (χ0) is 28.4. The van der Waals surface area contributed by atoms with Gasteiger partial charge in [0.25, 0.3) is 0 Å². The average Bonchev–Trinajstić information content (AvgIpc) is 3.52. The summed E-state index contributed by atoms with van der Waals surface area (Å²) < 4.78 is 17.9. The van der Waals surface area contributed by atoms with E-state index in [4.69, 9.17) is 9.47 Å². The van der Waals surface area contributed by atoms with Gasteiger partial charge in [-0.15, -0.1) is 0 Å². The van der Waals surface area contributed by atoms with E-state index in [0.717, 1.165) is 24.7 Å². The number of unbranched alkanes of at least 4 members (excludes halogenated alkanes) is 6. The van der Waals surface area contributed by atoms with Gasteiger partial charge >= 0.3 is 240 Å². The topological polar surface area (TPSA) is 18.5 Å². The first-order valence-electron chi connectivity index (χ1n) is 16.0. The van der Waals surface area contributed by atoms with Crippen molar-refractivity contribution in [1.29, 1.82) is 0 Å². The molecule has 2 aromatic heterocycles. The maximum atomic E-state index is 6.84. The molecule has 0 radical (unpaired) electrons. The molecule has 0 saturated heterocycles. The Morgan fingerprint density at radius 2 is 1.15 bits per heavy atom. The summed E-state index contributed by atoms with van der Waals surface area (Å²) in [5.41, 5.74) is 0. The first-order valence-corrected chi connectivity index (χ1v) is 27.6. The summed E-state index contributed by atoms with van der Waals surface area (Å²) in [7, 11) is 0. The molecule has 0 aliphatic carbocycles. The Labute approximate surface area is 252 Å². The fraction of sp³-hybridized carbons (Fsp3) is 0.706. The van der Waals surface area contributed by atoms with Crippen LogP contribution in [0.25, 0.3) is 20.2 Å². The molecule has 220 valence electrons. The first kappa shape index (κ1) is 33.0. The number of ether oxygens (including phenoxy) is 2. The summed E-state index contributed by atoms with van der Waals surface area (Å²) in [6.45, 7) is 13.1. The number of thiophene rings is 2. The summed E-state index contributed by atoms with van der Waals surface area (Å²) in [6.07, 6.45) is 15.6. The van der Waals surface area contributed by atoms with Crippen LogP contribution in [0.5, 0.6) is 11.5 Å². The molecule has 0 spiro atoms. The van der Waals surface area contributed by atoms with Crippen molar-refractivity contribution >= 4 is 64.1 Å². The Balaban J connectivity index is 1.95. The van der Waals surface area contributed by atoms with E-state index >= 15 is 0 Å². The van der Waals surface area contributed by atoms with E-state index in [0.29, 0.717) is 11.8 Å². The van der Waals surface area contributed by atoms with Crippen molar-refractivity contribution in [3.63, 3.8) is 0 Å². The van der Waals surface area contributed by atoms with Crippen molar-refractivity contribution in [3.05, 3.63) is 17.0 Å². The van der Waals surface area contributed by atoms with Crippen LogP contribution in [0.15, 0.2) is 12.1 Å². The van der Waals surface area contributed by atoms with E-state index in [9.17, 15) is 0 Å². The zero-order valence-electron chi connectivity index (χ0n) is 26.3. The molecule has 1 aromatic carbocycles. The van der Waals surface area contributed by atoms with Crippen LogP contribution in [0, 0.1) is 18.8 Å². The van der Waals surface area contributed by atoms with Gasteiger partial charge in [-0.05, 0) is 0 Å². The number of hydrogen-bond donors (Lipinski definition) is 0. The van der Waals surface area contributed by atoms with E-state index in [1.165, 1.54) is 102 Å². The average molecular weight is 680 g/mol. The molecule has 0 bridgehead atoms. The molecular weight excluding hydrogens is 623 g/mol. The van der Waals surface area contributed by atoms with Crippen LogP contribution < -0.4 is 12.4 Å². The molecule has 3 aromatic rings. The Hall–Kier alpha value is -0.461. The predicted molar refractivity (Wildman–Crippen MR) is 181 cm³/mol. The van der Waals surface area contributed by atoms with Crippen LogP contribution in [0.4, 0.5) is 0 Å². The van der Waals surface area contributed by atoms with Crippen LogP contribution in [0.1, 0.15) is 110 Å². The second-order valence-corrected chi connectivity index (χ2v) is 30.5. The SMILES string of the molecule is CCCCCCC(CC)COc1c2c[c]([Sn]([CH3])([CH3])[CH3])sc2c(OCC(CC)CCCCCC)c2cc(C)sc12. The van der Waals surface area contributed by atoms with E-state index in [-0.39, 0.29) is 0 Å². The fourth-order valence-corrected chi connectivity index (χ4v) is 12.8. The Morgan fingerprint density at radius 1 is 0.667 bits per heavy atom. The number of benzene rings is 1. The maximum absolute atomic E-state index is 6.84. The number of aryl methyl sites for hydroxylation is 1. The van der Waals surface area contributed by atoms with Crippen LogP contribution in [0.2, 0.25) is 14.8 Å². The van der Waals surface area contributed by atoms with Gasteiger partial charge in [0.2, 0.25) is 0 Å². The van der Waals surface area contributed by atoms with Crippen LogP contribution in [-0.2, 0) is 0 Å². The quantitative estimate of drug-likeness (QED) is 0.0927. The molecular formula is C34H56O2S2Sn. The Morgan fingerprint density at radius 3 is 1.62 bits per heavy atom. The standard InChI is InChI=1S/C31H47O2S2.3CH3.Sn/c1-6-10-12-14-16-24(8-3)21-32-28-26-18-19-34-30(26)29(27-20-23(5)35-31(27)28)33-22-25(9-4)17-15-13-11-7-2;;;;/h18,20,24-25H,6-17,21-22H2,1-5H3;3*1H3;. The molecule has 0 aliphatic rings. The minimum atomic E-state index is -2.27. The van der Waals surface area contributed by atoms with Gasteiger partial charge in [0.1, 0.15) is 0 Å². The summed E-state index contributed by atoms with van der Waals surface area (Å²) in [5.74, 6) is 3.51. The molecule has 2 nitrogen and oxygen atoms in total. The van der Waals surface area contributed by atoms with Gasteiger partial charge in [0.05, 0.1) is 0 Å². The Bertz CT molecular complexity index is 1060. The molecule has 39 heavy (non-hydrogen) atoms. The molecule has 0 aliphatic heterocycles. The number of fused-ring (bicyclic) bond motifs is 2. The molecule has 5 heteroatoms. The molecule has 2 unspecified atom stereocenters. The van der Waals surface area contributed by atoms with E-state index < -0.39 is 18.4 Å². The molecule has 0 fully saturated rings. The van der Waals surface area contributed by atoms with Crippen molar-refractivity contribution in [2.75, 3.05) is 13.2 Å². The van der Waals surface area contributed by atoms with Gasteiger partial charge in [0, 0.05) is 0 Å². The van der Waals surface area contributed by atoms with E-state index in [1.54, 1.807) is 2.89 Å². The Kier molecular flexibility index (Phi) is 13.8. The van der Waals surface area contributed by atoms with Gasteiger partial charge < -0.3 is 0 Å². The van der Waals surface area contributed by atoms with Gasteiger partial charge in [-0.1, -0.05) is 13.8 Å². The normalized spacial score (nSPS) is 13.8. The fourth-order valence-electron chi connectivity index (χ4n) is 5.41. The number of rotatable bonds is 19. The monoisotopic (exact) mass is 680 g/mol. The van der Waals surface area contributed by atoms with Gasteiger partial charge in [-0.3, -0.25) is 0 Å². The third kappa shape index (κ3) is 9.26. The first-order chi connectivity index (χ1) is 18.7. The third-order valence-electron chi connectivity index (χ3n) is 8.24.